The van der Waals surface area contributed by atoms with Crippen LogP contribution in [0.5, 0.6) is 0 Å². The summed E-state index contributed by atoms with van der Waals surface area (Å²) in [6.07, 6.45) is -3.76. The van der Waals surface area contributed by atoms with E-state index in [1.807, 2.05) is 10.6 Å². The second kappa shape index (κ2) is 15.6. The minimum Gasteiger partial charge on any atom is -0.481 e. The van der Waals surface area contributed by atoms with Gasteiger partial charge in [-0.3, -0.25) is 33.6 Å². The minimum atomic E-state index is -1.87. The van der Waals surface area contributed by atoms with Crippen molar-refractivity contribution in [3.63, 3.8) is 0 Å². The molecule has 0 bridgehead atoms. The van der Waals surface area contributed by atoms with E-state index in [0.29, 0.717) is 0 Å². The fourth-order valence-electron chi connectivity index (χ4n) is 2.70. The second-order valence-electron chi connectivity index (χ2n) is 7.60. The third kappa shape index (κ3) is 13.4. The lowest BCUT2D eigenvalue weighted by atomic mass is 10.1. The van der Waals surface area contributed by atoms with Crippen LogP contribution >= 0.6 is 0 Å². The summed E-state index contributed by atoms with van der Waals surface area (Å²) in [7, 11) is 0. The van der Waals surface area contributed by atoms with Gasteiger partial charge in [-0.2, -0.15) is 0 Å². The Morgan fingerprint density at radius 3 is 1.47 bits per heavy atom. The number of carbonyl (C=O) groups is 8. The average molecular weight is 519 g/mol. The van der Waals surface area contributed by atoms with Crippen LogP contribution in [0.25, 0.3) is 0 Å². The summed E-state index contributed by atoms with van der Waals surface area (Å²) in [6, 6.07) is -6.48. The van der Waals surface area contributed by atoms with E-state index in [2.05, 4.69) is 5.32 Å². The highest BCUT2D eigenvalue weighted by atomic mass is 16.4. The summed E-state index contributed by atoms with van der Waals surface area (Å²) in [5.74, 6) is -10.0. The van der Waals surface area contributed by atoms with Gasteiger partial charge in [0.1, 0.15) is 18.1 Å². The van der Waals surface area contributed by atoms with Crippen LogP contribution in [0, 0.1) is 0 Å². The highest BCUT2D eigenvalue weighted by molar-refractivity contribution is 5.95. The van der Waals surface area contributed by atoms with Crippen molar-refractivity contribution < 1.29 is 58.8 Å². The van der Waals surface area contributed by atoms with Crippen molar-refractivity contribution in [2.75, 3.05) is 0 Å². The first-order valence-corrected chi connectivity index (χ1v) is 10.5. The number of carboxylic acid groups (broad SMARTS) is 4. The van der Waals surface area contributed by atoms with E-state index in [1.165, 1.54) is 0 Å². The molecule has 11 N–H and O–H groups in total. The standard InChI is InChI=1S/C19H29N5O12/c20-8(1-4-12(21)25)16(32)22-9(2-5-13(26)27)17(33)24-11(7-15(30)31)18(34)23-10(19(35)36)3-6-14(28)29/h8-11H,1-7,20H2,(H2,21,25)(H,22,32)(H,23,34)(H,24,33)(H,26,27)(H,28,29)(H,30,31)(H,35,36). The molecule has 0 saturated carbocycles. The molecule has 0 aliphatic heterocycles. The second-order valence-corrected chi connectivity index (χ2v) is 7.60. The molecule has 0 rings (SSSR count). The maximum Gasteiger partial charge on any atom is 0.326 e. The maximum atomic E-state index is 12.7. The number of rotatable bonds is 18. The first-order chi connectivity index (χ1) is 16.6. The maximum absolute atomic E-state index is 12.7. The fraction of sp³-hybridized carbons (Fsp3) is 0.579. The Labute approximate surface area is 203 Å². The SMILES string of the molecule is NC(=O)CCC(N)C(=O)NC(CCC(=O)O)C(=O)NC(CC(=O)O)C(=O)NC(CCC(=O)O)C(=O)O. The molecule has 17 heteroatoms. The van der Waals surface area contributed by atoms with Gasteiger partial charge in [-0.05, 0) is 19.3 Å². The van der Waals surface area contributed by atoms with Gasteiger partial charge >= 0.3 is 23.9 Å². The number of hydrogen-bond acceptors (Lipinski definition) is 9. The summed E-state index contributed by atoms with van der Waals surface area (Å²) in [6.45, 7) is 0. The molecule has 17 nitrogen and oxygen atoms in total. The molecule has 0 saturated heterocycles. The zero-order chi connectivity index (χ0) is 28.0. The molecule has 36 heavy (non-hydrogen) atoms. The van der Waals surface area contributed by atoms with Crippen molar-refractivity contribution in [1.82, 2.24) is 16.0 Å². The van der Waals surface area contributed by atoms with E-state index in [-0.39, 0.29) is 12.8 Å². The topological polar surface area (TPSA) is 306 Å². The molecule has 0 aromatic carbocycles. The molecular weight excluding hydrogens is 490 g/mol. The summed E-state index contributed by atoms with van der Waals surface area (Å²) >= 11 is 0. The van der Waals surface area contributed by atoms with Crippen molar-refractivity contribution in [3.05, 3.63) is 0 Å². The third-order valence-electron chi connectivity index (χ3n) is 4.59. The molecule has 0 aromatic rings. The molecule has 0 heterocycles. The van der Waals surface area contributed by atoms with Crippen LogP contribution in [0.3, 0.4) is 0 Å². The lowest BCUT2D eigenvalue weighted by Gasteiger charge is -2.24. The lowest BCUT2D eigenvalue weighted by Crippen LogP contribution is -2.57. The van der Waals surface area contributed by atoms with Crippen molar-refractivity contribution in [3.8, 4) is 0 Å². The Bertz CT molecular complexity index is 877. The summed E-state index contributed by atoms with van der Waals surface area (Å²) in [4.78, 5) is 92.4. The molecule has 4 unspecified atom stereocenters. The van der Waals surface area contributed by atoms with E-state index in [1.54, 1.807) is 0 Å². The molecule has 0 spiro atoms. The largest absolute Gasteiger partial charge is 0.481 e. The molecular formula is C19H29N5O12. The third-order valence-corrected chi connectivity index (χ3v) is 4.59. The molecule has 0 aliphatic rings. The van der Waals surface area contributed by atoms with E-state index < -0.39 is 104 Å². The predicted octanol–water partition coefficient (Wildman–Crippen LogP) is -3.68. The van der Waals surface area contributed by atoms with Gasteiger partial charge in [-0.15, -0.1) is 0 Å². The normalized spacial score (nSPS) is 13.8. The van der Waals surface area contributed by atoms with Gasteiger partial charge in [-0.1, -0.05) is 0 Å². The number of amides is 4. The predicted molar refractivity (Wildman–Crippen MR) is 116 cm³/mol. The number of carboxylic acids is 4. The van der Waals surface area contributed by atoms with Crippen molar-refractivity contribution in [2.24, 2.45) is 11.5 Å². The summed E-state index contributed by atoms with van der Waals surface area (Å²) in [5, 5.41) is 41.9. The Kier molecular flexibility index (Phi) is 13.7. The smallest absolute Gasteiger partial charge is 0.326 e. The van der Waals surface area contributed by atoms with E-state index >= 15 is 0 Å². The monoisotopic (exact) mass is 519 g/mol. The van der Waals surface area contributed by atoms with Crippen molar-refractivity contribution in [1.29, 1.82) is 0 Å². The van der Waals surface area contributed by atoms with Crippen LogP contribution < -0.4 is 27.4 Å². The molecule has 0 radical (unpaired) electrons. The Morgan fingerprint density at radius 1 is 0.583 bits per heavy atom. The minimum absolute atomic E-state index is 0.189. The van der Waals surface area contributed by atoms with Gasteiger partial charge in [0.05, 0.1) is 12.5 Å². The fourth-order valence-corrected chi connectivity index (χ4v) is 2.70. The molecule has 202 valence electrons. The number of nitrogens with two attached hydrogens (primary N) is 2. The van der Waals surface area contributed by atoms with Gasteiger partial charge in [-0.25, -0.2) is 4.79 Å². The quantitative estimate of drug-likeness (QED) is 0.0843. The van der Waals surface area contributed by atoms with Gasteiger partial charge in [0, 0.05) is 19.3 Å². The Hall–Kier alpha value is -4.28. The van der Waals surface area contributed by atoms with E-state index in [0.717, 1.165) is 0 Å². The summed E-state index contributed by atoms with van der Waals surface area (Å²) < 4.78 is 0. The molecule has 0 aromatic heterocycles. The zero-order valence-corrected chi connectivity index (χ0v) is 19.0. The number of aliphatic carboxylic acids is 4. The first kappa shape index (κ1) is 31.7. The molecule has 0 aliphatic carbocycles. The van der Waals surface area contributed by atoms with Crippen LogP contribution in [0.2, 0.25) is 0 Å². The van der Waals surface area contributed by atoms with Gasteiger partial charge < -0.3 is 47.8 Å². The number of hydrogen-bond donors (Lipinski definition) is 9. The molecule has 4 atom stereocenters. The van der Waals surface area contributed by atoms with Crippen molar-refractivity contribution >= 4 is 47.5 Å². The highest BCUT2D eigenvalue weighted by Crippen LogP contribution is 2.05. The first-order valence-electron chi connectivity index (χ1n) is 10.5. The average Bonchev–Trinajstić information content (AvgIpc) is 2.75. The Morgan fingerprint density at radius 2 is 1.03 bits per heavy atom. The molecule has 0 fully saturated rings. The number of carbonyl (C=O) groups excluding carboxylic acids is 4. The van der Waals surface area contributed by atoms with Gasteiger partial charge in [0.2, 0.25) is 23.6 Å². The van der Waals surface area contributed by atoms with Crippen molar-refractivity contribution in [2.45, 2.75) is 69.1 Å². The zero-order valence-electron chi connectivity index (χ0n) is 19.0. The van der Waals surface area contributed by atoms with Crippen LogP contribution in [0.15, 0.2) is 0 Å². The Balaban J connectivity index is 5.58. The van der Waals surface area contributed by atoms with E-state index in [9.17, 15) is 38.4 Å². The summed E-state index contributed by atoms with van der Waals surface area (Å²) in [5.41, 5.74) is 10.6. The number of primary amides is 1. The van der Waals surface area contributed by atoms with Crippen LogP contribution in [0.1, 0.15) is 44.9 Å². The van der Waals surface area contributed by atoms with E-state index in [4.69, 9.17) is 31.9 Å². The van der Waals surface area contributed by atoms with Crippen LogP contribution in [-0.2, 0) is 38.4 Å². The van der Waals surface area contributed by atoms with Crippen LogP contribution in [0.4, 0.5) is 0 Å². The van der Waals surface area contributed by atoms with Gasteiger partial charge in [0.25, 0.3) is 0 Å². The number of nitrogens with one attached hydrogen (secondary N) is 3. The van der Waals surface area contributed by atoms with Crippen LogP contribution in [-0.4, -0.2) is 92.1 Å². The lowest BCUT2D eigenvalue weighted by molar-refractivity contribution is -0.144. The highest BCUT2D eigenvalue weighted by Gasteiger charge is 2.32. The molecule has 4 amide bonds. The van der Waals surface area contributed by atoms with Gasteiger partial charge in [0.15, 0.2) is 0 Å².